The van der Waals surface area contributed by atoms with Gasteiger partial charge in [0.05, 0.1) is 13.2 Å². The third-order valence-corrected chi connectivity index (χ3v) is 2.89. The number of ether oxygens (including phenoxy) is 1. The first-order chi connectivity index (χ1) is 5.47. The second-order valence-corrected chi connectivity index (χ2v) is 3.68. The van der Waals surface area contributed by atoms with Gasteiger partial charge in [0.15, 0.2) is 0 Å². The minimum atomic E-state index is 0.770. The van der Waals surface area contributed by atoms with Crippen LogP contribution in [0.5, 0.6) is 0 Å². The fraction of sp³-hybridized carbons (Fsp3) is 1.00. The lowest BCUT2D eigenvalue weighted by atomic mass is 9.85. The van der Waals surface area contributed by atoms with Gasteiger partial charge in [-0.2, -0.15) is 0 Å². The van der Waals surface area contributed by atoms with Crippen LogP contribution in [0, 0.1) is 5.92 Å². The van der Waals surface area contributed by atoms with Crippen LogP contribution in [0.15, 0.2) is 0 Å². The molecule has 2 heteroatoms. The summed E-state index contributed by atoms with van der Waals surface area (Å²) in [5, 5.41) is 3.56. The first kappa shape index (κ1) is 7.56. The molecule has 2 fully saturated rings. The van der Waals surface area contributed by atoms with Gasteiger partial charge in [-0.05, 0) is 18.8 Å². The van der Waals surface area contributed by atoms with Crippen molar-refractivity contribution < 1.29 is 4.74 Å². The van der Waals surface area contributed by atoms with Crippen molar-refractivity contribution in [3.05, 3.63) is 0 Å². The highest BCUT2D eigenvalue weighted by atomic mass is 16.5. The van der Waals surface area contributed by atoms with E-state index in [1.54, 1.807) is 0 Å². The summed E-state index contributed by atoms with van der Waals surface area (Å²) in [4.78, 5) is 0. The highest BCUT2D eigenvalue weighted by Crippen LogP contribution is 2.25. The number of fused-ring (bicyclic) bond motifs is 1. The molecule has 1 aliphatic heterocycles. The maximum atomic E-state index is 5.50. The molecule has 2 aliphatic rings. The van der Waals surface area contributed by atoms with E-state index in [1.165, 1.54) is 25.7 Å². The summed E-state index contributed by atoms with van der Waals surface area (Å²) in [7, 11) is 0. The molecule has 64 valence electrons. The monoisotopic (exact) mass is 155 g/mol. The van der Waals surface area contributed by atoms with Crippen molar-refractivity contribution in [3.8, 4) is 0 Å². The van der Waals surface area contributed by atoms with Crippen molar-refractivity contribution in [1.29, 1.82) is 0 Å². The SMILES string of the molecule is C1CCC2NCCOCC2C1. The van der Waals surface area contributed by atoms with Gasteiger partial charge < -0.3 is 10.1 Å². The summed E-state index contributed by atoms with van der Waals surface area (Å²) in [6.07, 6.45) is 5.56. The van der Waals surface area contributed by atoms with Crippen molar-refractivity contribution >= 4 is 0 Å². The number of rotatable bonds is 0. The molecule has 0 aromatic carbocycles. The molecule has 1 aliphatic carbocycles. The normalized spacial score (nSPS) is 39.3. The van der Waals surface area contributed by atoms with Crippen LogP contribution in [0.25, 0.3) is 0 Å². The molecular formula is C9H17NO. The minimum Gasteiger partial charge on any atom is -0.380 e. The van der Waals surface area contributed by atoms with E-state index in [2.05, 4.69) is 5.32 Å². The predicted molar refractivity (Wildman–Crippen MR) is 44.6 cm³/mol. The Hall–Kier alpha value is -0.0800. The molecule has 0 spiro atoms. The molecule has 2 rings (SSSR count). The Kier molecular flexibility index (Phi) is 2.44. The van der Waals surface area contributed by atoms with E-state index in [1.807, 2.05) is 0 Å². The van der Waals surface area contributed by atoms with E-state index in [0.717, 1.165) is 31.7 Å². The quantitative estimate of drug-likeness (QED) is 0.567. The van der Waals surface area contributed by atoms with Crippen molar-refractivity contribution in [2.24, 2.45) is 5.92 Å². The smallest absolute Gasteiger partial charge is 0.0591 e. The number of hydrogen-bond donors (Lipinski definition) is 1. The fourth-order valence-corrected chi connectivity index (χ4v) is 2.23. The van der Waals surface area contributed by atoms with Gasteiger partial charge >= 0.3 is 0 Å². The molecule has 11 heavy (non-hydrogen) atoms. The first-order valence-corrected chi connectivity index (χ1v) is 4.78. The summed E-state index contributed by atoms with van der Waals surface area (Å²) >= 11 is 0. The average molecular weight is 155 g/mol. The van der Waals surface area contributed by atoms with Crippen molar-refractivity contribution in [2.45, 2.75) is 31.7 Å². The fourth-order valence-electron chi connectivity index (χ4n) is 2.23. The second kappa shape index (κ2) is 3.55. The highest BCUT2D eigenvalue weighted by Gasteiger charge is 2.26. The molecule has 2 atom stereocenters. The van der Waals surface area contributed by atoms with Gasteiger partial charge in [0.25, 0.3) is 0 Å². The Morgan fingerprint density at radius 2 is 2.09 bits per heavy atom. The zero-order valence-corrected chi connectivity index (χ0v) is 7.01. The van der Waals surface area contributed by atoms with E-state index in [-0.39, 0.29) is 0 Å². The van der Waals surface area contributed by atoms with Gasteiger partial charge in [-0.15, -0.1) is 0 Å². The summed E-state index contributed by atoms with van der Waals surface area (Å²) in [5.74, 6) is 0.811. The van der Waals surface area contributed by atoms with E-state index >= 15 is 0 Å². The van der Waals surface area contributed by atoms with Crippen LogP contribution in [0.4, 0.5) is 0 Å². The van der Waals surface area contributed by atoms with E-state index < -0.39 is 0 Å². The lowest BCUT2D eigenvalue weighted by Crippen LogP contribution is -2.38. The summed E-state index contributed by atoms with van der Waals surface area (Å²) in [5.41, 5.74) is 0. The predicted octanol–water partition coefficient (Wildman–Crippen LogP) is 1.17. The van der Waals surface area contributed by atoms with Gasteiger partial charge in [0.1, 0.15) is 0 Å². The highest BCUT2D eigenvalue weighted by molar-refractivity contribution is 4.82. The molecule has 0 bridgehead atoms. The van der Waals surface area contributed by atoms with Crippen LogP contribution in [0.2, 0.25) is 0 Å². The Morgan fingerprint density at radius 3 is 3.09 bits per heavy atom. The largest absolute Gasteiger partial charge is 0.380 e. The van der Waals surface area contributed by atoms with Crippen LogP contribution in [0.1, 0.15) is 25.7 Å². The zero-order chi connectivity index (χ0) is 7.52. The van der Waals surface area contributed by atoms with Crippen LogP contribution in [-0.2, 0) is 4.74 Å². The van der Waals surface area contributed by atoms with E-state index in [4.69, 9.17) is 4.74 Å². The summed E-state index contributed by atoms with van der Waals surface area (Å²) in [6, 6.07) is 0.770. The van der Waals surface area contributed by atoms with Crippen LogP contribution in [-0.4, -0.2) is 25.8 Å². The standard InChI is InChI=1S/C9H17NO/c1-2-4-9-8(3-1)7-11-6-5-10-9/h8-10H,1-7H2. The molecular weight excluding hydrogens is 138 g/mol. The van der Waals surface area contributed by atoms with E-state index in [9.17, 15) is 0 Å². The number of hydrogen-bond acceptors (Lipinski definition) is 2. The molecule has 1 saturated heterocycles. The van der Waals surface area contributed by atoms with Crippen LogP contribution in [0.3, 0.4) is 0 Å². The Bertz CT molecular complexity index is 113. The minimum absolute atomic E-state index is 0.770. The first-order valence-electron chi connectivity index (χ1n) is 4.78. The number of nitrogens with one attached hydrogen (secondary N) is 1. The molecule has 0 aromatic rings. The van der Waals surface area contributed by atoms with Gasteiger partial charge in [-0.25, -0.2) is 0 Å². The maximum absolute atomic E-state index is 5.50. The molecule has 0 amide bonds. The van der Waals surface area contributed by atoms with Crippen molar-refractivity contribution in [3.63, 3.8) is 0 Å². The Balaban J connectivity index is 1.93. The third-order valence-electron chi connectivity index (χ3n) is 2.89. The Labute approximate surface area is 68.3 Å². The maximum Gasteiger partial charge on any atom is 0.0591 e. The lowest BCUT2D eigenvalue weighted by Gasteiger charge is -2.29. The molecule has 0 aromatic heterocycles. The second-order valence-electron chi connectivity index (χ2n) is 3.68. The van der Waals surface area contributed by atoms with Crippen molar-refractivity contribution in [1.82, 2.24) is 5.32 Å². The van der Waals surface area contributed by atoms with Gasteiger partial charge in [-0.1, -0.05) is 12.8 Å². The van der Waals surface area contributed by atoms with Gasteiger partial charge in [0.2, 0.25) is 0 Å². The molecule has 1 N–H and O–H groups in total. The van der Waals surface area contributed by atoms with E-state index in [0.29, 0.717) is 0 Å². The molecule has 1 heterocycles. The van der Waals surface area contributed by atoms with Gasteiger partial charge in [0, 0.05) is 12.6 Å². The Morgan fingerprint density at radius 1 is 1.18 bits per heavy atom. The molecule has 2 unspecified atom stereocenters. The lowest BCUT2D eigenvalue weighted by molar-refractivity contribution is 0.104. The summed E-state index contributed by atoms with van der Waals surface area (Å²) in [6.45, 7) is 2.96. The van der Waals surface area contributed by atoms with Crippen LogP contribution >= 0.6 is 0 Å². The third kappa shape index (κ3) is 1.74. The van der Waals surface area contributed by atoms with Crippen molar-refractivity contribution in [2.75, 3.05) is 19.8 Å². The summed E-state index contributed by atoms with van der Waals surface area (Å²) < 4.78 is 5.50. The molecule has 1 saturated carbocycles. The average Bonchev–Trinajstić information content (AvgIpc) is 2.28. The topological polar surface area (TPSA) is 21.3 Å². The van der Waals surface area contributed by atoms with Crippen LogP contribution < -0.4 is 5.32 Å². The van der Waals surface area contributed by atoms with Gasteiger partial charge in [-0.3, -0.25) is 0 Å². The molecule has 2 nitrogen and oxygen atoms in total. The zero-order valence-electron chi connectivity index (χ0n) is 7.01. The molecule has 0 radical (unpaired) electrons.